The molecule has 0 unspecified atom stereocenters. The first-order valence-electron chi connectivity index (χ1n) is 10.4. The van der Waals surface area contributed by atoms with Crippen molar-refractivity contribution in [3.05, 3.63) is 71.8 Å². The van der Waals surface area contributed by atoms with E-state index < -0.39 is 10.0 Å². The Morgan fingerprint density at radius 3 is 2.27 bits per heavy atom. The smallest absolute Gasteiger partial charge is 0.264 e. The number of benzene rings is 3. The van der Waals surface area contributed by atoms with Gasteiger partial charge in [0.15, 0.2) is 6.73 Å². The summed E-state index contributed by atoms with van der Waals surface area (Å²) < 4.78 is 31.2. The zero-order valence-electron chi connectivity index (χ0n) is 18.9. The van der Waals surface area contributed by atoms with Crippen LogP contribution >= 0.6 is 0 Å². The number of hydrogen-bond donors (Lipinski definition) is 2. The third-order valence-electron chi connectivity index (χ3n) is 5.48. The van der Waals surface area contributed by atoms with Crippen molar-refractivity contribution in [3.8, 4) is 22.6 Å². The molecular formula is C25H26N2O5S. The van der Waals surface area contributed by atoms with Crippen LogP contribution < -0.4 is 14.4 Å². The lowest BCUT2D eigenvalue weighted by atomic mass is 9.86. The van der Waals surface area contributed by atoms with Crippen molar-refractivity contribution in [3.63, 3.8) is 0 Å². The molecule has 0 spiro atoms. The van der Waals surface area contributed by atoms with Gasteiger partial charge in [-0.3, -0.25) is 14.4 Å². The number of nitrogens with zero attached hydrogens (tertiary/aromatic N) is 1. The predicted octanol–water partition coefficient (Wildman–Crippen LogP) is 4.72. The van der Waals surface area contributed by atoms with E-state index in [0.29, 0.717) is 17.0 Å². The average Bonchev–Trinajstić information content (AvgIpc) is 2.74. The first-order valence-corrected chi connectivity index (χ1v) is 12.3. The molecule has 0 aliphatic carbocycles. The topological polar surface area (TPSA) is 95.9 Å². The predicted molar refractivity (Wildman–Crippen MR) is 129 cm³/mol. The number of sulfonamides is 1. The molecule has 0 saturated heterocycles. The zero-order chi connectivity index (χ0) is 24.0. The van der Waals surface area contributed by atoms with Gasteiger partial charge >= 0.3 is 0 Å². The average molecular weight is 467 g/mol. The number of fused-ring (bicyclic) bond motifs is 1. The number of hydrogen-bond acceptors (Lipinski definition) is 5. The molecule has 8 heteroatoms. The maximum absolute atomic E-state index is 13.1. The third kappa shape index (κ3) is 4.80. The number of phenolic OH excluding ortho intramolecular Hbond substituents is 1. The van der Waals surface area contributed by atoms with E-state index >= 15 is 0 Å². The maximum atomic E-state index is 13.1. The number of amides is 1. The van der Waals surface area contributed by atoms with Crippen molar-refractivity contribution in [2.45, 2.75) is 26.2 Å². The standard InChI is InChI=1S/C25H26N2O5S/c1-25(2,3)18-8-5-16(6-9-18)17-7-11-20-23(13-17)32-15-27(24(20)29)19-10-12-22(28)21(14-19)26-33(4,30)31/h5-14,26,28H,15H2,1-4H3. The van der Waals surface area contributed by atoms with Gasteiger partial charge in [-0.25, -0.2) is 8.42 Å². The first-order chi connectivity index (χ1) is 15.4. The molecular weight excluding hydrogens is 440 g/mol. The molecule has 33 heavy (non-hydrogen) atoms. The molecule has 0 bridgehead atoms. The second kappa shape index (κ2) is 8.12. The molecule has 1 aliphatic heterocycles. The molecule has 0 saturated carbocycles. The van der Waals surface area contributed by atoms with Crippen molar-refractivity contribution < 1.29 is 23.1 Å². The van der Waals surface area contributed by atoms with E-state index in [1.165, 1.54) is 28.7 Å². The monoisotopic (exact) mass is 466 g/mol. The summed E-state index contributed by atoms with van der Waals surface area (Å²) in [4.78, 5) is 14.5. The van der Waals surface area contributed by atoms with E-state index in [9.17, 15) is 18.3 Å². The second-order valence-electron chi connectivity index (χ2n) is 9.12. The normalized spacial score (nSPS) is 13.9. The summed E-state index contributed by atoms with van der Waals surface area (Å²) in [7, 11) is -3.60. The van der Waals surface area contributed by atoms with Crippen LogP contribution in [0, 0.1) is 0 Å². The van der Waals surface area contributed by atoms with Crippen LogP contribution in [0.2, 0.25) is 0 Å². The highest BCUT2D eigenvalue weighted by Gasteiger charge is 2.28. The third-order valence-corrected chi connectivity index (χ3v) is 6.07. The summed E-state index contributed by atoms with van der Waals surface area (Å²) in [6, 6.07) is 18.0. The molecule has 1 amide bonds. The fraction of sp³-hybridized carbons (Fsp3) is 0.240. The largest absolute Gasteiger partial charge is 0.506 e. The molecule has 2 N–H and O–H groups in total. The number of anilines is 2. The van der Waals surface area contributed by atoms with Gasteiger partial charge in [0.25, 0.3) is 5.91 Å². The van der Waals surface area contributed by atoms with Crippen LogP contribution in [-0.4, -0.2) is 32.4 Å². The van der Waals surface area contributed by atoms with Crippen LogP contribution in [0.4, 0.5) is 11.4 Å². The lowest BCUT2D eigenvalue weighted by molar-refractivity contribution is 0.0937. The van der Waals surface area contributed by atoms with Crippen LogP contribution in [0.15, 0.2) is 60.7 Å². The molecule has 7 nitrogen and oxygen atoms in total. The van der Waals surface area contributed by atoms with Crippen molar-refractivity contribution in [1.82, 2.24) is 0 Å². The summed E-state index contributed by atoms with van der Waals surface area (Å²) in [5.74, 6) is -0.0270. The van der Waals surface area contributed by atoms with Gasteiger partial charge in [-0.05, 0) is 52.4 Å². The number of ether oxygens (including phenoxy) is 1. The van der Waals surface area contributed by atoms with E-state index in [-0.39, 0.29) is 29.5 Å². The summed E-state index contributed by atoms with van der Waals surface area (Å²) in [5, 5.41) is 9.96. The van der Waals surface area contributed by atoms with Crippen molar-refractivity contribution in [1.29, 1.82) is 0 Å². The van der Waals surface area contributed by atoms with Gasteiger partial charge in [0.2, 0.25) is 10.0 Å². The SMILES string of the molecule is CC(C)(C)c1ccc(-c2ccc3c(c2)OCN(c2ccc(O)c(NS(C)(=O)=O)c2)C3=O)cc1. The first kappa shape index (κ1) is 22.7. The van der Waals surface area contributed by atoms with Gasteiger partial charge in [0.1, 0.15) is 11.5 Å². The van der Waals surface area contributed by atoms with Crippen LogP contribution in [0.25, 0.3) is 11.1 Å². The lowest BCUT2D eigenvalue weighted by Crippen LogP contribution is -2.38. The van der Waals surface area contributed by atoms with E-state index in [0.717, 1.165) is 17.4 Å². The fourth-order valence-corrected chi connectivity index (χ4v) is 4.23. The van der Waals surface area contributed by atoms with E-state index in [1.54, 1.807) is 6.07 Å². The summed E-state index contributed by atoms with van der Waals surface area (Å²) >= 11 is 0. The number of rotatable bonds is 4. The molecule has 0 aromatic heterocycles. The highest BCUT2D eigenvalue weighted by atomic mass is 32.2. The quantitative estimate of drug-likeness (QED) is 0.542. The van der Waals surface area contributed by atoms with Crippen molar-refractivity contribution >= 4 is 27.3 Å². The van der Waals surface area contributed by atoms with Gasteiger partial charge in [-0.2, -0.15) is 0 Å². The molecule has 3 aromatic carbocycles. The van der Waals surface area contributed by atoms with Crippen molar-refractivity contribution in [2.24, 2.45) is 0 Å². The molecule has 172 valence electrons. The Hall–Kier alpha value is -3.52. The van der Waals surface area contributed by atoms with Gasteiger partial charge in [0.05, 0.1) is 17.5 Å². The zero-order valence-corrected chi connectivity index (χ0v) is 19.7. The highest BCUT2D eigenvalue weighted by Crippen LogP contribution is 2.35. The molecule has 0 fully saturated rings. The Labute approximate surface area is 193 Å². The van der Waals surface area contributed by atoms with Gasteiger partial charge in [0, 0.05) is 5.69 Å². The lowest BCUT2D eigenvalue weighted by Gasteiger charge is -2.29. The van der Waals surface area contributed by atoms with Gasteiger partial charge < -0.3 is 9.84 Å². The minimum Gasteiger partial charge on any atom is -0.506 e. The Balaban J connectivity index is 1.61. The summed E-state index contributed by atoms with van der Waals surface area (Å²) in [6.07, 6.45) is 0.985. The van der Waals surface area contributed by atoms with Gasteiger partial charge in [-0.15, -0.1) is 0 Å². The minimum absolute atomic E-state index is 0.0114. The van der Waals surface area contributed by atoms with E-state index in [1.807, 2.05) is 12.1 Å². The molecule has 4 rings (SSSR count). The van der Waals surface area contributed by atoms with E-state index in [4.69, 9.17) is 4.74 Å². The number of carbonyl (C=O) groups is 1. The second-order valence-corrected chi connectivity index (χ2v) is 10.9. The Kier molecular flexibility index (Phi) is 5.57. The Bertz CT molecular complexity index is 1330. The maximum Gasteiger partial charge on any atom is 0.264 e. The highest BCUT2D eigenvalue weighted by molar-refractivity contribution is 7.92. The van der Waals surface area contributed by atoms with Crippen LogP contribution in [0.5, 0.6) is 11.5 Å². The summed E-state index contributed by atoms with van der Waals surface area (Å²) in [6.45, 7) is 6.46. The summed E-state index contributed by atoms with van der Waals surface area (Å²) in [5.41, 5.74) is 4.07. The number of nitrogens with one attached hydrogen (secondary N) is 1. The Morgan fingerprint density at radius 2 is 1.64 bits per heavy atom. The number of phenols is 1. The molecule has 0 atom stereocenters. The number of aromatic hydroxyl groups is 1. The Morgan fingerprint density at radius 1 is 0.970 bits per heavy atom. The molecule has 0 radical (unpaired) electrons. The van der Waals surface area contributed by atoms with Crippen LogP contribution in [-0.2, 0) is 15.4 Å². The molecule has 1 aliphatic rings. The molecule has 1 heterocycles. The van der Waals surface area contributed by atoms with E-state index in [2.05, 4.69) is 49.8 Å². The van der Waals surface area contributed by atoms with Crippen LogP contribution in [0.3, 0.4) is 0 Å². The minimum atomic E-state index is -3.60. The fourth-order valence-electron chi connectivity index (χ4n) is 3.66. The van der Waals surface area contributed by atoms with Gasteiger partial charge in [-0.1, -0.05) is 51.1 Å². The van der Waals surface area contributed by atoms with Crippen LogP contribution in [0.1, 0.15) is 36.7 Å². The molecule has 3 aromatic rings. The van der Waals surface area contributed by atoms with Crippen molar-refractivity contribution in [2.75, 3.05) is 22.6 Å². The number of carbonyl (C=O) groups excluding carboxylic acids is 1.